The summed E-state index contributed by atoms with van der Waals surface area (Å²) in [5.74, 6) is -2.29. The van der Waals surface area contributed by atoms with Crippen LogP contribution in [-0.2, 0) is 19.1 Å². The van der Waals surface area contributed by atoms with Crippen LogP contribution in [0.25, 0.3) is 28.2 Å². The third kappa shape index (κ3) is 3.44. The number of benzene rings is 2. The Bertz CT molecular complexity index is 1190. The molecule has 2 fully saturated rings. The second-order valence-electron chi connectivity index (χ2n) is 8.59. The first kappa shape index (κ1) is 19.6. The predicted molar refractivity (Wildman–Crippen MR) is 119 cm³/mol. The number of H-pyrrole nitrogens is 1. The molecule has 5 heteroatoms. The molecule has 158 valence electrons. The second-order valence-corrected chi connectivity index (χ2v) is 8.59. The van der Waals surface area contributed by atoms with E-state index < -0.39 is 17.7 Å². The van der Waals surface area contributed by atoms with Gasteiger partial charge in [-0.25, -0.2) is 9.59 Å². The van der Waals surface area contributed by atoms with Crippen LogP contribution in [0.2, 0.25) is 0 Å². The molecule has 1 aromatic heterocycles. The third-order valence-electron chi connectivity index (χ3n) is 6.25. The Morgan fingerprint density at radius 3 is 2.29 bits per heavy atom. The molecule has 2 aliphatic rings. The number of ether oxygens (including phenoxy) is 2. The molecule has 2 heterocycles. The lowest BCUT2D eigenvalue weighted by atomic mass is 9.93. The van der Waals surface area contributed by atoms with E-state index in [0.717, 1.165) is 58.1 Å². The molecule has 0 bridgehead atoms. The van der Waals surface area contributed by atoms with Crippen molar-refractivity contribution in [3.8, 4) is 11.3 Å². The first-order chi connectivity index (χ1) is 15.0. The number of nitrogens with one attached hydrogen (secondary N) is 1. The molecule has 1 saturated carbocycles. The average molecular weight is 415 g/mol. The van der Waals surface area contributed by atoms with Crippen LogP contribution < -0.4 is 0 Å². The Morgan fingerprint density at radius 2 is 1.61 bits per heavy atom. The average Bonchev–Trinajstić information content (AvgIpc) is 3.10. The number of aromatic amines is 1. The summed E-state index contributed by atoms with van der Waals surface area (Å²) in [6, 6.07) is 14.1. The normalized spacial score (nSPS) is 18.2. The summed E-state index contributed by atoms with van der Waals surface area (Å²) in [5.41, 5.74) is 5.76. The molecule has 0 unspecified atom stereocenters. The molecule has 2 aromatic carbocycles. The largest absolute Gasteiger partial charge is 0.419 e. The summed E-state index contributed by atoms with van der Waals surface area (Å²) in [5, 5.41) is 0.961. The SMILES string of the molecule is Cc1cc(C)c2[nH]c(-c3ccccc3)c(C=C3C(=O)OC4(CCCCC4)OC3=O)c2c1. The van der Waals surface area contributed by atoms with Gasteiger partial charge in [0.1, 0.15) is 5.57 Å². The fourth-order valence-electron chi connectivity index (χ4n) is 4.76. The summed E-state index contributed by atoms with van der Waals surface area (Å²) in [6.45, 7) is 4.09. The number of rotatable bonds is 2. The molecule has 1 aliphatic carbocycles. The molecule has 31 heavy (non-hydrogen) atoms. The topological polar surface area (TPSA) is 68.4 Å². The lowest BCUT2D eigenvalue weighted by molar-refractivity contribution is -0.244. The molecule has 1 aliphatic heterocycles. The number of carbonyl (C=O) groups excluding carboxylic acids is 2. The summed E-state index contributed by atoms with van der Waals surface area (Å²) >= 11 is 0. The van der Waals surface area contributed by atoms with Crippen molar-refractivity contribution >= 4 is 28.9 Å². The van der Waals surface area contributed by atoms with Gasteiger partial charge >= 0.3 is 11.9 Å². The fraction of sp³-hybridized carbons (Fsp3) is 0.308. The van der Waals surface area contributed by atoms with Crippen molar-refractivity contribution in [3.63, 3.8) is 0 Å². The quantitative estimate of drug-likeness (QED) is 0.336. The van der Waals surface area contributed by atoms with E-state index >= 15 is 0 Å². The van der Waals surface area contributed by atoms with Crippen molar-refractivity contribution in [2.45, 2.75) is 51.7 Å². The number of hydrogen-bond donors (Lipinski definition) is 1. The minimum Gasteiger partial charge on any atom is -0.419 e. The molecule has 5 nitrogen and oxygen atoms in total. The van der Waals surface area contributed by atoms with Gasteiger partial charge in [-0.1, -0.05) is 48.4 Å². The van der Waals surface area contributed by atoms with Crippen molar-refractivity contribution in [1.82, 2.24) is 4.98 Å². The molecule has 0 atom stereocenters. The Hall–Kier alpha value is -3.34. The molecule has 1 spiro atoms. The molecular weight excluding hydrogens is 390 g/mol. The van der Waals surface area contributed by atoms with Gasteiger partial charge in [0.05, 0.1) is 5.69 Å². The number of fused-ring (bicyclic) bond motifs is 1. The highest BCUT2D eigenvalue weighted by molar-refractivity contribution is 6.20. The first-order valence-corrected chi connectivity index (χ1v) is 10.8. The first-order valence-electron chi connectivity index (χ1n) is 10.8. The Labute approximate surface area is 181 Å². The zero-order chi connectivity index (χ0) is 21.6. The number of hydrogen-bond acceptors (Lipinski definition) is 4. The monoisotopic (exact) mass is 415 g/mol. The highest BCUT2D eigenvalue weighted by atomic mass is 16.7. The maximum absolute atomic E-state index is 12.9. The Kier molecular flexibility index (Phi) is 4.69. The number of carbonyl (C=O) groups is 2. The minimum absolute atomic E-state index is 0.0616. The smallest absolute Gasteiger partial charge is 0.348 e. The van der Waals surface area contributed by atoms with E-state index in [0.29, 0.717) is 12.8 Å². The standard InChI is InChI=1S/C26H25NO4/c1-16-13-17(2)22-19(14-16)20(23(27-22)18-9-5-3-6-10-18)15-21-24(28)30-26(31-25(21)29)11-7-4-8-12-26/h3,5-6,9-10,13-15,27H,4,7-8,11-12H2,1-2H3. The zero-order valence-electron chi connectivity index (χ0n) is 17.8. The number of aromatic nitrogens is 1. The van der Waals surface area contributed by atoms with Crippen molar-refractivity contribution < 1.29 is 19.1 Å². The molecule has 0 radical (unpaired) electrons. The van der Waals surface area contributed by atoms with Crippen LogP contribution in [0.4, 0.5) is 0 Å². The summed E-state index contributed by atoms with van der Waals surface area (Å²) < 4.78 is 11.4. The highest BCUT2D eigenvalue weighted by Gasteiger charge is 2.46. The summed E-state index contributed by atoms with van der Waals surface area (Å²) in [6.07, 6.45) is 5.60. The molecule has 3 aromatic rings. The maximum atomic E-state index is 12.9. The highest BCUT2D eigenvalue weighted by Crippen LogP contribution is 2.39. The van der Waals surface area contributed by atoms with Gasteiger partial charge in [-0.15, -0.1) is 0 Å². The molecular formula is C26H25NO4. The minimum atomic E-state index is -1.08. The summed E-state index contributed by atoms with van der Waals surface area (Å²) in [7, 11) is 0. The third-order valence-corrected chi connectivity index (χ3v) is 6.25. The second kappa shape index (κ2) is 7.41. The van der Waals surface area contributed by atoms with Gasteiger partial charge in [0, 0.05) is 29.3 Å². The van der Waals surface area contributed by atoms with Crippen molar-refractivity contribution in [3.05, 3.63) is 64.7 Å². The zero-order valence-corrected chi connectivity index (χ0v) is 17.8. The van der Waals surface area contributed by atoms with Crippen LogP contribution in [0, 0.1) is 13.8 Å². The van der Waals surface area contributed by atoms with Gasteiger partial charge < -0.3 is 14.5 Å². The van der Waals surface area contributed by atoms with Crippen LogP contribution in [0.15, 0.2) is 48.0 Å². The fourth-order valence-corrected chi connectivity index (χ4v) is 4.76. The number of esters is 2. The number of aryl methyl sites for hydroxylation is 2. The van der Waals surface area contributed by atoms with E-state index in [1.807, 2.05) is 44.2 Å². The maximum Gasteiger partial charge on any atom is 0.348 e. The van der Waals surface area contributed by atoms with Crippen molar-refractivity contribution in [2.24, 2.45) is 0 Å². The molecule has 0 amide bonds. The van der Waals surface area contributed by atoms with Crippen LogP contribution in [0.1, 0.15) is 48.8 Å². The van der Waals surface area contributed by atoms with Crippen LogP contribution in [0.5, 0.6) is 0 Å². The van der Waals surface area contributed by atoms with Gasteiger partial charge in [0.15, 0.2) is 0 Å². The lowest BCUT2D eigenvalue weighted by Crippen LogP contribution is -2.47. The van der Waals surface area contributed by atoms with E-state index in [4.69, 9.17) is 9.47 Å². The van der Waals surface area contributed by atoms with Gasteiger partial charge in [-0.2, -0.15) is 0 Å². The predicted octanol–water partition coefficient (Wildman–Crippen LogP) is 5.60. The van der Waals surface area contributed by atoms with Crippen LogP contribution in [-0.4, -0.2) is 22.7 Å². The summed E-state index contributed by atoms with van der Waals surface area (Å²) in [4.78, 5) is 29.3. The van der Waals surface area contributed by atoms with E-state index in [9.17, 15) is 9.59 Å². The lowest BCUT2D eigenvalue weighted by Gasteiger charge is -2.38. The van der Waals surface area contributed by atoms with E-state index in [1.54, 1.807) is 6.08 Å². The van der Waals surface area contributed by atoms with Gasteiger partial charge in [0.2, 0.25) is 0 Å². The molecule has 1 N–H and O–H groups in total. The van der Waals surface area contributed by atoms with Crippen molar-refractivity contribution in [1.29, 1.82) is 0 Å². The molecule has 5 rings (SSSR count). The van der Waals surface area contributed by atoms with E-state index in [-0.39, 0.29) is 5.57 Å². The van der Waals surface area contributed by atoms with Crippen LogP contribution >= 0.6 is 0 Å². The van der Waals surface area contributed by atoms with Crippen LogP contribution in [0.3, 0.4) is 0 Å². The Morgan fingerprint density at radius 1 is 0.935 bits per heavy atom. The Balaban J connectivity index is 1.65. The molecule has 1 saturated heterocycles. The van der Waals surface area contributed by atoms with Gasteiger partial charge in [0.25, 0.3) is 5.79 Å². The van der Waals surface area contributed by atoms with Gasteiger partial charge in [-0.05, 0) is 50.0 Å². The van der Waals surface area contributed by atoms with E-state index in [1.165, 1.54) is 0 Å². The van der Waals surface area contributed by atoms with Gasteiger partial charge in [-0.3, -0.25) is 0 Å². The van der Waals surface area contributed by atoms with Crippen molar-refractivity contribution in [2.75, 3.05) is 0 Å². The van der Waals surface area contributed by atoms with E-state index in [2.05, 4.69) is 17.1 Å².